The first kappa shape index (κ1) is 16.8. The molecule has 5 nitrogen and oxygen atoms in total. The predicted octanol–water partition coefficient (Wildman–Crippen LogP) is 3.56. The second kappa shape index (κ2) is 6.81. The van der Waals surface area contributed by atoms with Crippen LogP contribution in [0.1, 0.15) is 19.4 Å². The quantitative estimate of drug-likeness (QED) is 0.847. The normalized spacial score (nSPS) is 14.6. The van der Waals surface area contributed by atoms with Gasteiger partial charge in [0.15, 0.2) is 5.76 Å². The number of amides is 2. The van der Waals surface area contributed by atoms with Crippen molar-refractivity contribution in [1.82, 2.24) is 0 Å². The third kappa shape index (κ3) is 3.26. The molecule has 1 aliphatic heterocycles. The third-order valence-electron chi connectivity index (χ3n) is 3.80. The lowest BCUT2D eigenvalue weighted by molar-refractivity contribution is -0.121. The number of anilines is 1. The van der Waals surface area contributed by atoms with Crippen LogP contribution in [-0.4, -0.2) is 23.5 Å². The Morgan fingerprint density at radius 3 is 2.20 bits per heavy atom. The Balaban J connectivity index is 1.85. The van der Waals surface area contributed by atoms with E-state index >= 15 is 0 Å². The maximum Gasteiger partial charge on any atom is 0.301 e. The van der Waals surface area contributed by atoms with Crippen LogP contribution in [0.25, 0.3) is 5.57 Å². The van der Waals surface area contributed by atoms with E-state index in [0.717, 1.165) is 4.90 Å². The van der Waals surface area contributed by atoms with Crippen molar-refractivity contribution in [1.29, 1.82) is 0 Å². The zero-order valence-corrected chi connectivity index (χ0v) is 14.1. The summed E-state index contributed by atoms with van der Waals surface area (Å²) in [5.41, 5.74) is 0.924. The Morgan fingerprint density at radius 1 is 0.960 bits per heavy atom. The van der Waals surface area contributed by atoms with Crippen molar-refractivity contribution >= 4 is 23.1 Å². The summed E-state index contributed by atoms with van der Waals surface area (Å²) in [4.78, 5) is 26.0. The van der Waals surface area contributed by atoms with Crippen LogP contribution in [0, 0.1) is 5.92 Å². The Kier molecular flexibility index (Phi) is 4.57. The Morgan fingerprint density at radius 2 is 1.60 bits per heavy atom. The van der Waals surface area contributed by atoms with Gasteiger partial charge in [0.25, 0.3) is 5.91 Å². The molecule has 3 rings (SSSR count). The van der Waals surface area contributed by atoms with E-state index in [1.54, 1.807) is 54.6 Å². The molecule has 25 heavy (non-hydrogen) atoms. The molecule has 2 aromatic carbocycles. The molecule has 1 aliphatic rings. The number of benzene rings is 2. The van der Waals surface area contributed by atoms with Gasteiger partial charge in [-0.25, -0.2) is 4.90 Å². The largest absolute Gasteiger partial charge is 0.502 e. The molecule has 0 aliphatic carbocycles. The van der Waals surface area contributed by atoms with Crippen LogP contribution in [0.2, 0.25) is 0 Å². The first-order valence-corrected chi connectivity index (χ1v) is 8.09. The summed E-state index contributed by atoms with van der Waals surface area (Å²) in [5.74, 6) is -0.728. The van der Waals surface area contributed by atoms with Gasteiger partial charge in [0.05, 0.1) is 17.9 Å². The molecular weight excluding hydrogens is 318 g/mol. The summed E-state index contributed by atoms with van der Waals surface area (Å²) in [7, 11) is 0. The molecule has 0 radical (unpaired) electrons. The summed E-state index contributed by atoms with van der Waals surface area (Å²) in [6, 6.07) is 15.3. The molecule has 5 heteroatoms. The van der Waals surface area contributed by atoms with Crippen molar-refractivity contribution in [2.24, 2.45) is 5.92 Å². The average molecular weight is 337 g/mol. The van der Waals surface area contributed by atoms with Crippen molar-refractivity contribution < 1.29 is 19.4 Å². The zero-order valence-electron chi connectivity index (χ0n) is 14.1. The fourth-order valence-electron chi connectivity index (χ4n) is 2.57. The third-order valence-corrected chi connectivity index (χ3v) is 3.80. The number of imide groups is 1. The molecule has 0 atom stereocenters. The number of carbonyl (C=O) groups is 2. The van der Waals surface area contributed by atoms with E-state index in [1.807, 2.05) is 0 Å². The van der Waals surface area contributed by atoms with Crippen molar-refractivity contribution in [2.75, 3.05) is 11.5 Å². The minimum atomic E-state index is -0.722. The van der Waals surface area contributed by atoms with E-state index in [-0.39, 0.29) is 5.57 Å². The van der Waals surface area contributed by atoms with Crippen molar-refractivity contribution in [3.05, 3.63) is 65.9 Å². The van der Waals surface area contributed by atoms with Crippen LogP contribution in [0.15, 0.2) is 60.4 Å². The van der Waals surface area contributed by atoms with E-state index in [2.05, 4.69) is 13.8 Å². The molecular formula is C20H19NO4. The van der Waals surface area contributed by atoms with Crippen LogP contribution >= 0.6 is 0 Å². The van der Waals surface area contributed by atoms with Gasteiger partial charge in [0.1, 0.15) is 5.75 Å². The number of aliphatic hydroxyl groups excluding tert-OH is 1. The van der Waals surface area contributed by atoms with Gasteiger partial charge in [-0.15, -0.1) is 0 Å². The lowest BCUT2D eigenvalue weighted by Gasteiger charge is -2.15. The van der Waals surface area contributed by atoms with E-state index in [1.165, 1.54) is 0 Å². The first-order valence-electron chi connectivity index (χ1n) is 8.09. The number of carbonyl (C=O) groups excluding carboxylic acids is 2. The number of hydrogen-bond acceptors (Lipinski definition) is 4. The topological polar surface area (TPSA) is 66.8 Å². The molecule has 0 fully saturated rings. The average Bonchev–Trinajstić information content (AvgIpc) is 2.83. The SMILES string of the molecule is CC(C)COc1ccc(N2C(=O)C(O)=C(c3ccccc3)C2=O)cc1. The van der Waals surface area contributed by atoms with Crippen LogP contribution in [0.4, 0.5) is 5.69 Å². The van der Waals surface area contributed by atoms with E-state index in [9.17, 15) is 14.7 Å². The van der Waals surface area contributed by atoms with Gasteiger partial charge >= 0.3 is 5.91 Å². The molecule has 0 spiro atoms. The van der Waals surface area contributed by atoms with Gasteiger partial charge < -0.3 is 9.84 Å². The highest BCUT2D eigenvalue weighted by Gasteiger charge is 2.40. The number of aliphatic hydroxyl groups is 1. The van der Waals surface area contributed by atoms with Gasteiger partial charge in [0.2, 0.25) is 0 Å². The summed E-state index contributed by atoms with van der Waals surface area (Å²) < 4.78 is 5.60. The second-order valence-corrected chi connectivity index (χ2v) is 6.23. The minimum Gasteiger partial charge on any atom is -0.502 e. The van der Waals surface area contributed by atoms with Crippen LogP contribution in [-0.2, 0) is 9.59 Å². The molecule has 0 saturated carbocycles. The van der Waals surface area contributed by atoms with Gasteiger partial charge in [-0.3, -0.25) is 9.59 Å². The fourth-order valence-corrected chi connectivity index (χ4v) is 2.57. The lowest BCUT2D eigenvalue weighted by Crippen LogP contribution is -2.31. The van der Waals surface area contributed by atoms with E-state index < -0.39 is 17.6 Å². The highest BCUT2D eigenvalue weighted by atomic mass is 16.5. The number of hydrogen-bond donors (Lipinski definition) is 1. The molecule has 2 amide bonds. The summed E-state index contributed by atoms with van der Waals surface area (Å²) in [5, 5.41) is 10.2. The monoisotopic (exact) mass is 337 g/mol. The van der Waals surface area contributed by atoms with Crippen LogP contribution < -0.4 is 9.64 Å². The first-order chi connectivity index (χ1) is 12.0. The molecule has 1 heterocycles. The van der Waals surface area contributed by atoms with E-state index in [4.69, 9.17) is 4.74 Å². The standard InChI is InChI=1S/C20H19NO4/c1-13(2)12-25-16-10-8-15(9-11-16)21-19(23)17(18(22)20(21)24)14-6-4-3-5-7-14/h3-11,13,22H,12H2,1-2H3. The smallest absolute Gasteiger partial charge is 0.301 e. The maximum absolute atomic E-state index is 12.7. The van der Waals surface area contributed by atoms with Crippen LogP contribution in [0.3, 0.4) is 0 Å². The highest BCUT2D eigenvalue weighted by Crippen LogP contribution is 2.32. The van der Waals surface area contributed by atoms with Gasteiger partial charge in [0, 0.05) is 0 Å². The van der Waals surface area contributed by atoms with Crippen molar-refractivity contribution in [2.45, 2.75) is 13.8 Å². The van der Waals surface area contributed by atoms with E-state index in [0.29, 0.717) is 29.5 Å². The molecule has 1 N–H and O–H groups in total. The highest BCUT2D eigenvalue weighted by molar-refractivity contribution is 6.44. The summed E-state index contributed by atoms with van der Waals surface area (Å²) >= 11 is 0. The van der Waals surface area contributed by atoms with Crippen molar-refractivity contribution in [3.63, 3.8) is 0 Å². The number of nitrogens with zero attached hydrogens (tertiary/aromatic N) is 1. The fraction of sp³-hybridized carbons (Fsp3) is 0.200. The Labute approximate surface area is 146 Å². The number of rotatable bonds is 5. The van der Waals surface area contributed by atoms with Gasteiger partial charge in [-0.2, -0.15) is 0 Å². The predicted molar refractivity (Wildman–Crippen MR) is 95.3 cm³/mol. The van der Waals surface area contributed by atoms with Crippen molar-refractivity contribution in [3.8, 4) is 5.75 Å². The van der Waals surface area contributed by atoms with Gasteiger partial charge in [-0.1, -0.05) is 44.2 Å². The van der Waals surface area contributed by atoms with Gasteiger partial charge in [-0.05, 0) is 35.7 Å². The Hall–Kier alpha value is -3.08. The second-order valence-electron chi connectivity index (χ2n) is 6.23. The Bertz CT molecular complexity index is 823. The number of ether oxygens (including phenoxy) is 1. The molecule has 0 aromatic heterocycles. The molecule has 0 unspecified atom stereocenters. The van der Waals surface area contributed by atoms with Crippen LogP contribution in [0.5, 0.6) is 5.75 Å². The molecule has 128 valence electrons. The summed E-state index contributed by atoms with van der Waals surface area (Å²) in [6.45, 7) is 4.69. The zero-order chi connectivity index (χ0) is 18.0. The molecule has 2 aromatic rings. The minimum absolute atomic E-state index is 0.0192. The summed E-state index contributed by atoms with van der Waals surface area (Å²) in [6.07, 6.45) is 0. The molecule has 0 saturated heterocycles. The lowest BCUT2D eigenvalue weighted by atomic mass is 10.1. The molecule has 0 bridgehead atoms. The maximum atomic E-state index is 12.7.